The van der Waals surface area contributed by atoms with Crippen molar-refractivity contribution in [2.75, 3.05) is 0 Å². The lowest BCUT2D eigenvalue weighted by Crippen LogP contribution is -2.17. The highest BCUT2D eigenvalue weighted by Gasteiger charge is 2.37. The Morgan fingerprint density at radius 1 is 1.50 bits per heavy atom. The number of hydrogen-bond donors (Lipinski definition) is 0. The standard InChI is InChI=1S/C5H7BrCl2/c6-4-2-1-3-5(4,7)8/h4H,1-3H2. The predicted octanol–water partition coefficient (Wildman–Crippen LogP) is 3.11. The summed E-state index contributed by atoms with van der Waals surface area (Å²) in [5.74, 6) is 0. The second-order valence-electron chi connectivity index (χ2n) is 2.12. The Kier molecular flexibility index (Phi) is 2.11. The summed E-state index contributed by atoms with van der Waals surface area (Å²) in [6.45, 7) is 0. The number of rotatable bonds is 0. The van der Waals surface area contributed by atoms with Gasteiger partial charge in [0.05, 0.1) is 0 Å². The molecule has 1 fully saturated rings. The Morgan fingerprint density at radius 3 is 2.25 bits per heavy atom. The van der Waals surface area contributed by atoms with Crippen LogP contribution in [0.2, 0.25) is 0 Å². The van der Waals surface area contributed by atoms with Crippen molar-refractivity contribution < 1.29 is 0 Å². The van der Waals surface area contributed by atoms with Crippen molar-refractivity contribution in [1.29, 1.82) is 0 Å². The van der Waals surface area contributed by atoms with Crippen molar-refractivity contribution in [3.05, 3.63) is 0 Å². The molecular formula is C5H7BrCl2. The van der Waals surface area contributed by atoms with E-state index < -0.39 is 4.33 Å². The number of halogens is 3. The lowest BCUT2D eigenvalue weighted by molar-refractivity contribution is 0.835. The highest BCUT2D eigenvalue weighted by molar-refractivity contribution is 9.09. The van der Waals surface area contributed by atoms with Crippen molar-refractivity contribution >= 4 is 39.1 Å². The summed E-state index contributed by atoms with van der Waals surface area (Å²) in [6.07, 6.45) is 3.17. The monoisotopic (exact) mass is 216 g/mol. The van der Waals surface area contributed by atoms with Gasteiger partial charge in [-0.2, -0.15) is 0 Å². The molecule has 0 radical (unpaired) electrons. The average molecular weight is 218 g/mol. The number of hydrogen-bond acceptors (Lipinski definition) is 0. The first kappa shape index (κ1) is 7.17. The molecule has 1 aliphatic carbocycles. The fraction of sp³-hybridized carbons (Fsp3) is 1.00. The van der Waals surface area contributed by atoms with Crippen LogP contribution in [-0.2, 0) is 0 Å². The Balaban J connectivity index is 2.54. The second-order valence-corrected chi connectivity index (χ2v) is 4.77. The van der Waals surface area contributed by atoms with E-state index in [0.29, 0.717) is 4.83 Å². The van der Waals surface area contributed by atoms with Gasteiger partial charge in [0.1, 0.15) is 4.33 Å². The second kappa shape index (κ2) is 2.36. The summed E-state index contributed by atoms with van der Waals surface area (Å²) in [5.41, 5.74) is 0. The topological polar surface area (TPSA) is 0 Å². The average Bonchev–Trinajstić information content (AvgIpc) is 1.86. The van der Waals surface area contributed by atoms with Crippen molar-refractivity contribution in [3.63, 3.8) is 0 Å². The molecule has 0 saturated heterocycles. The van der Waals surface area contributed by atoms with Gasteiger partial charge in [0, 0.05) is 4.83 Å². The van der Waals surface area contributed by atoms with Gasteiger partial charge in [0.2, 0.25) is 0 Å². The van der Waals surface area contributed by atoms with E-state index in [2.05, 4.69) is 15.9 Å². The molecule has 1 aliphatic rings. The maximum Gasteiger partial charge on any atom is 0.130 e. The molecule has 0 aromatic carbocycles. The van der Waals surface area contributed by atoms with E-state index in [1.165, 1.54) is 0 Å². The van der Waals surface area contributed by atoms with Crippen molar-refractivity contribution in [3.8, 4) is 0 Å². The van der Waals surface area contributed by atoms with E-state index in [1.807, 2.05) is 0 Å². The SMILES string of the molecule is ClC1(Cl)CCCC1Br. The smallest absolute Gasteiger partial charge is 0.100 e. The lowest BCUT2D eigenvalue weighted by Gasteiger charge is -2.14. The first-order valence-corrected chi connectivity index (χ1v) is 4.32. The molecule has 1 atom stereocenters. The number of alkyl halides is 3. The van der Waals surface area contributed by atoms with Gasteiger partial charge >= 0.3 is 0 Å². The van der Waals surface area contributed by atoms with Gasteiger partial charge in [-0.05, 0) is 19.3 Å². The normalized spacial score (nSPS) is 35.6. The molecule has 3 heteroatoms. The Morgan fingerprint density at radius 2 is 2.12 bits per heavy atom. The Labute approximate surface area is 67.7 Å². The summed E-state index contributed by atoms with van der Waals surface area (Å²) in [7, 11) is 0. The van der Waals surface area contributed by atoms with Crippen LogP contribution in [0.5, 0.6) is 0 Å². The third kappa shape index (κ3) is 1.31. The minimum atomic E-state index is -0.486. The van der Waals surface area contributed by atoms with E-state index in [4.69, 9.17) is 23.2 Å². The highest BCUT2D eigenvalue weighted by atomic mass is 79.9. The summed E-state index contributed by atoms with van der Waals surface area (Å²) in [5, 5.41) is 0. The van der Waals surface area contributed by atoms with E-state index in [9.17, 15) is 0 Å². The molecule has 0 heterocycles. The highest BCUT2D eigenvalue weighted by Crippen LogP contribution is 2.43. The van der Waals surface area contributed by atoms with Gasteiger partial charge in [-0.15, -0.1) is 23.2 Å². The van der Waals surface area contributed by atoms with Gasteiger partial charge < -0.3 is 0 Å². The fourth-order valence-corrected chi connectivity index (χ4v) is 1.92. The van der Waals surface area contributed by atoms with Gasteiger partial charge in [0.25, 0.3) is 0 Å². The molecule has 0 spiro atoms. The molecule has 0 nitrogen and oxygen atoms in total. The van der Waals surface area contributed by atoms with E-state index in [0.717, 1.165) is 19.3 Å². The predicted molar refractivity (Wildman–Crippen MR) is 41.0 cm³/mol. The molecule has 0 aliphatic heterocycles. The summed E-state index contributed by atoms with van der Waals surface area (Å²) in [6, 6.07) is 0. The first-order valence-electron chi connectivity index (χ1n) is 2.65. The van der Waals surface area contributed by atoms with E-state index in [1.54, 1.807) is 0 Å². The third-order valence-electron chi connectivity index (χ3n) is 1.43. The van der Waals surface area contributed by atoms with Crippen LogP contribution in [0.4, 0.5) is 0 Å². The summed E-state index contributed by atoms with van der Waals surface area (Å²) < 4.78 is -0.486. The maximum absolute atomic E-state index is 5.84. The van der Waals surface area contributed by atoms with Gasteiger partial charge in [0.15, 0.2) is 0 Å². The van der Waals surface area contributed by atoms with Crippen molar-refractivity contribution in [2.45, 2.75) is 28.4 Å². The van der Waals surface area contributed by atoms with Crippen LogP contribution in [-0.4, -0.2) is 9.16 Å². The zero-order valence-electron chi connectivity index (χ0n) is 4.33. The van der Waals surface area contributed by atoms with Crippen LogP contribution in [0.1, 0.15) is 19.3 Å². The molecule has 1 saturated carbocycles. The zero-order chi connectivity index (χ0) is 6.20. The summed E-state index contributed by atoms with van der Waals surface area (Å²) in [4.78, 5) is 0.304. The molecule has 48 valence electrons. The molecule has 0 bridgehead atoms. The minimum absolute atomic E-state index is 0.304. The van der Waals surface area contributed by atoms with Crippen molar-refractivity contribution in [2.24, 2.45) is 0 Å². The minimum Gasteiger partial charge on any atom is -0.100 e. The third-order valence-corrected chi connectivity index (χ3v) is 4.10. The fourth-order valence-electron chi connectivity index (χ4n) is 0.885. The molecular weight excluding hydrogens is 211 g/mol. The molecule has 0 aromatic heterocycles. The van der Waals surface area contributed by atoms with E-state index in [-0.39, 0.29) is 0 Å². The van der Waals surface area contributed by atoms with Crippen molar-refractivity contribution in [1.82, 2.24) is 0 Å². The Hall–Kier alpha value is 1.06. The summed E-state index contributed by atoms with van der Waals surface area (Å²) >= 11 is 15.1. The molecule has 0 amide bonds. The lowest BCUT2D eigenvalue weighted by atomic mass is 10.4. The van der Waals surface area contributed by atoms with Gasteiger partial charge in [-0.25, -0.2) is 0 Å². The zero-order valence-corrected chi connectivity index (χ0v) is 7.43. The molecule has 0 N–H and O–H groups in total. The Bertz CT molecular complexity index is 92.4. The van der Waals surface area contributed by atoms with Crippen LogP contribution in [0, 0.1) is 0 Å². The maximum atomic E-state index is 5.84. The van der Waals surface area contributed by atoms with Crippen LogP contribution >= 0.6 is 39.1 Å². The van der Waals surface area contributed by atoms with Gasteiger partial charge in [-0.1, -0.05) is 15.9 Å². The van der Waals surface area contributed by atoms with Crippen LogP contribution in [0.3, 0.4) is 0 Å². The van der Waals surface area contributed by atoms with E-state index >= 15 is 0 Å². The molecule has 1 rings (SSSR count). The van der Waals surface area contributed by atoms with Crippen LogP contribution in [0.15, 0.2) is 0 Å². The van der Waals surface area contributed by atoms with Gasteiger partial charge in [-0.3, -0.25) is 0 Å². The molecule has 1 unspecified atom stereocenters. The van der Waals surface area contributed by atoms with Crippen LogP contribution < -0.4 is 0 Å². The first-order chi connectivity index (χ1) is 3.63. The molecule has 8 heavy (non-hydrogen) atoms. The molecule has 0 aromatic rings. The largest absolute Gasteiger partial charge is 0.130 e. The quantitative estimate of drug-likeness (QED) is 0.548. The van der Waals surface area contributed by atoms with Crippen LogP contribution in [0.25, 0.3) is 0 Å².